The smallest absolute Gasteiger partial charge is 0.254 e. The molecule has 2 fully saturated rings. The van der Waals surface area contributed by atoms with Gasteiger partial charge in [0.1, 0.15) is 5.82 Å². The fourth-order valence-corrected chi connectivity index (χ4v) is 5.38. The van der Waals surface area contributed by atoms with E-state index in [0.717, 1.165) is 91.1 Å². The van der Waals surface area contributed by atoms with Gasteiger partial charge in [0.25, 0.3) is 5.91 Å². The number of morpholine rings is 1. The summed E-state index contributed by atoms with van der Waals surface area (Å²) in [4.78, 5) is 22.6. The summed E-state index contributed by atoms with van der Waals surface area (Å²) in [5, 5.41) is 1.02. The average molecular weight is 489 g/mol. The standard InChI is InChI=1S/C29H36N4O3/c1-3-35-19-21-9-11-33(12-10-21)29(34)24-6-4-5-20(2)27(24)22-7-8-25-23(17-22)18-26(28(30)31-25)32-13-15-36-16-14-32/h4-8,17-18,21H,3,9-16,19H2,1-2H3,(H2,30,31). The Bertz CT molecular complexity index is 1230. The van der Waals surface area contributed by atoms with Crippen LogP contribution in [0.3, 0.4) is 0 Å². The number of rotatable bonds is 6. The number of carbonyl (C=O) groups is 1. The molecule has 190 valence electrons. The molecule has 1 aromatic heterocycles. The number of anilines is 2. The maximum atomic E-state index is 13.7. The highest BCUT2D eigenvalue weighted by Crippen LogP contribution is 2.34. The van der Waals surface area contributed by atoms with Crippen LogP contribution in [0.5, 0.6) is 0 Å². The largest absolute Gasteiger partial charge is 0.382 e. The number of aromatic nitrogens is 1. The fourth-order valence-electron chi connectivity index (χ4n) is 5.38. The van der Waals surface area contributed by atoms with Crippen LogP contribution in [0, 0.1) is 12.8 Å². The molecule has 7 heteroatoms. The molecular formula is C29H36N4O3. The van der Waals surface area contributed by atoms with E-state index in [1.165, 1.54) is 0 Å². The lowest BCUT2D eigenvalue weighted by molar-refractivity contribution is 0.0551. The van der Waals surface area contributed by atoms with Crippen molar-refractivity contribution in [2.75, 3.05) is 63.2 Å². The highest BCUT2D eigenvalue weighted by Gasteiger charge is 2.26. The van der Waals surface area contributed by atoms with Crippen LogP contribution in [0.2, 0.25) is 0 Å². The number of amides is 1. The monoisotopic (exact) mass is 488 g/mol. The Morgan fingerprint density at radius 2 is 1.89 bits per heavy atom. The molecule has 7 nitrogen and oxygen atoms in total. The van der Waals surface area contributed by atoms with Crippen LogP contribution in [0.25, 0.3) is 22.0 Å². The molecule has 2 N–H and O–H groups in total. The maximum Gasteiger partial charge on any atom is 0.254 e. The number of hydrogen-bond acceptors (Lipinski definition) is 6. The lowest BCUT2D eigenvalue weighted by atomic mass is 9.92. The molecule has 0 unspecified atom stereocenters. The lowest BCUT2D eigenvalue weighted by Gasteiger charge is -2.32. The second-order valence-electron chi connectivity index (χ2n) is 9.79. The number of piperidine rings is 1. The van der Waals surface area contributed by atoms with Gasteiger partial charge < -0.3 is 25.0 Å². The SMILES string of the molecule is CCOCC1CCN(C(=O)c2cccc(C)c2-c2ccc3nc(N)c(N4CCOCC4)cc3c2)CC1. The first-order valence-electron chi connectivity index (χ1n) is 13.0. The van der Waals surface area contributed by atoms with Crippen molar-refractivity contribution in [3.8, 4) is 11.1 Å². The van der Waals surface area contributed by atoms with Crippen molar-refractivity contribution in [3.05, 3.63) is 53.6 Å². The number of carbonyl (C=O) groups excluding carboxylic acids is 1. The van der Waals surface area contributed by atoms with Gasteiger partial charge in [-0.3, -0.25) is 4.79 Å². The summed E-state index contributed by atoms with van der Waals surface area (Å²) in [6.07, 6.45) is 1.97. The van der Waals surface area contributed by atoms with Gasteiger partial charge in [-0.1, -0.05) is 18.2 Å². The third-order valence-electron chi connectivity index (χ3n) is 7.43. The molecule has 1 amide bonds. The average Bonchev–Trinajstić information content (AvgIpc) is 2.91. The van der Waals surface area contributed by atoms with Crippen molar-refractivity contribution in [1.29, 1.82) is 0 Å². The molecule has 2 aromatic carbocycles. The van der Waals surface area contributed by atoms with Gasteiger partial charge in [0.05, 0.1) is 24.4 Å². The van der Waals surface area contributed by atoms with Crippen molar-refractivity contribution in [3.63, 3.8) is 0 Å². The van der Waals surface area contributed by atoms with Gasteiger partial charge >= 0.3 is 0 Å². The molecule has 0 spiro atoms. The van der Waals surface area contributed by atoms with Crippen molar-refractivity contribution in [2.45, 2.75) is 26.7 Å². The van der Waals surface area contributed by atoms with Crippen molar-refractivity contribution in [1.82, 2.24) is 9.88 Å². The number of pyridine rings is 1. The molecule has 0 bridgehead atoms. The van der Waals surface area contributed by atoms with Crippen LogP contribution in [0.1, 0.15) is 35.7 Å². The van der Waals surface area contributed by atoms with Gasteiger partial charge in [0.2, 0.25) is 0 Å². The summed E-state index contributed by atoms with van der Waals surface area (Å²) in [6.45, 7) is 10.2. The lowest BCUT2D eigenvalue weighted by Crippen LogP contribution is -2.39. The van der Waals surface area contributed by atoms with Crippen molar-refractivity contribution in [2.24, 2.45) is 5.92 Å². The fraction of sp³-hybridized carbons (Fsp3) is 0.448. The zero-order valence-electron chi connectivity index (χ0n) is 21.3. The summed E-state index contributed by atoms with van der Waals surface area (Å²) in [5.41, 5.74) is 12.0. The number of ether oxygens (including phenoxy) is 2. The topological polar surface area (TPSA) is 80.9 Å². The number of nitrogens with two attached hydrogens (primary N) is 1. The maximum absolute atomic E-state index is 13.7. The molecule has 3 aromatic rings. The summed E-state index contributed by atoms with van der Waals surface area (Å²) in [7, 11) is 0. The number of nitrogen functional groups attached to an aromatic ring is 1. The van der Waals surface area contributed by atoms with E-state index in [1.807, 2.05) is 30.0 Å². The molecular weight excluding hydrogens is 452 g/mol. The molecule has 2 aliphatic heterocycles. The summed E-state index contributed by atoms with van der Waals surface area (Å²) in [5.74, 6) is 1.18. The number of aryl methyl sites for hydroxylation is 1. The third-order valence-corrected chi connectivity index (χ3v) is 7.43. The zero-order valence-corrected chi connectivity index (χ0v) is 21.3. The van der Waals surface area contributed by atoms with Crippen LogP contribution < -0.4 is 10.6 Å². The van der Waals surface area contributed by atoms with Crippen LogP contribution in [0.4, 0.5) is 11.5 Å². The summed E-state index contributed by atoms with van der Waals surface area (Å²) >= 11 is 0. The van der Waals surface area contributed by atoms with Crippen LogP contribution in [-0.2, 0) is 9.47 Å². The molecule has 0 atom stereocenters. The van der Waals surface area contributed by atoms with Crippen LogP contribution in [0.15, 0.2) is 42.5 Å². The van der Waals surface area contributed by atoms with Gasteiger partial charge in [-0.15, -0.1) is 0 Å². The first kappa shape index (κ1) is 24.5. The predicted octanol–water partition coefficient (Wildman–Crippen LogP) is 4.52. The second kappa shape index (κ2) is 10.8. The van der Waals surface area contributed by atoms with Gasteiger partial charge in [0, 0.05) is 50.3 Å². The highest BCUT2D eigenvalue weighted by molar-refractivity contribution is 6.03. The zero-order chi connectivity index (χ0) is 25.1. The number of fused-ring (bicyclic) bond motifs is 1. The van der Waals surface area contributed by atoms with Crippen LogP contribution in [-0.4, -0.2) is 68.4 Å². The van der Waals surface area contributed by atoms with E-state index in [0.29, 0.717) is 24.9 Å². The first-order valence-corrected chi connectivity index (χ1v) is 13.0. The van der Waals surface area contributed by atoms with Gasteiger partial charge in [-0.2, -0.15) is 0 Å². The Morgan fingerprint density at radius 1 is 1.11 bits per heavy atom. The Labute approximate surface area is 213 Å². The third kappa shape index (κ3) is 5.04. The number of hydrogen-bond donors (Lipinski definition) is 1. The molecule has 2 aliphatic rings. The van der Waals surface area contributed by atoms with Gasteiger partial charge in [0.15, 0.2) is 0 Å². The summed E-state index contributed by atoms with van der Waals surface area (Å²) < 4.78 is 11.1. The number of likely N-dealkylation sites (tertiary alicyclic amines) is 1. The molecule has 36 heavy (non-hydrogen) atoms. The molecule has 2 saturated heterocycles. The van der Waals surface area contributed by atoms with E-state index in [9.17, 15) is 4.79 Å². The Balaban J connectivity index is 1.45. The molecule has 0 radical (unpaired) electrons. The van der Waals surface area contributed by atoms with E-state index < -0.39 is 0 Å². The van der Waals surface area contributed by atoms with Crippen molar-refractivity contribution >= 4 is 28.3 Å². The highest BCUT2D eigenvalue weighted by atomic mass is 16.5. The van der Waals surface area contributed by atoms with E-state index in [1.54, 1.807) is 0 Å². The van der Waals surface area contributed by atoms with Crippen LogP contribution >= 0.6 is 0 Å². The number of nitrogens with zero attached hydrogens (tertiary/aromatic N) is 3. The second-order valence-corrected chi connectivity index (χ2v) is 9.79. The van der Waals surface area contributed by atoms with E-state index in [4.69, 9.17) is 15.2 Å². The van der Waals surface area contributed by atoms with Gasteiger partial charge in [-0.05, 0) is 73.6 Å². The van der Waals surface area contributed by atoms with E-state index in [-0.39, 0.29) is 5.91 Å². The summed E-state index contributed by atoms with van der Waals surface area (Å²) in [6, 6.07) is 14.3. The predicted molar refractivity (Wildman–Crippen MR) is 144 cm³/mol. The minimum absolute atomic E-state index is 0.105. The molecule has 3 heterocycles. The van der Waals surface area contributed by atoms with E-state index in [2.05, 4.69) is 41.1 Å². The van der Waals surface area contributed by atoms with Crippen molar-refractivity contribution < 1.29 is 14.3 Å². The first-order chi connectivity index (χ1) is 17.5. The van der Waals surface area contributed by atoms with Gasteiger partial charge in [-0.25, -0.2) is 4.98 Å². The quantitative estimate of drug-likeness (QED) is 0.550. The molecule has 5 rings (SSSR count). The molecule has 0 aliphatic carbocycles. The Hall–Kier alpha value is -3.16. The normalized spacial score (nSPS) is 17.1. The Kier molecular flexibility index (Phi) is 7.39. The molecule has 0 saturated carbocycles. The number of benzene rings is 2. The minimum atomic E-state index is 0.105. The van der Waals surface area contributed by atoms with E-state index >= 15 is 0 Å². The minimum Gasteiger partial charge on any atom is -0.382 e. The Morgan fingerprint density at radius 3 is 2.64 bits per heavy atom.